The molecule has 2 amide bonds. The van der Waals surface area contributed by atoms with E-state index < -0.39 is 16.3 Å². The summed E-state index contributed by atoms with van der Waals surface area (Å²) in [7, 11) is -0.592. The molecule has 0 bridgehead atoms. The SMILES string of the molecule is CCN(C)C(=O)N(C)c1nnc(S(=O)(=O)N(CC)C2CCCO2)s1. The van der Waals surface area contributed by atoms with Crippen molar-refractivity contribution in [3.63, 3.8) is 0 Å². The van der Waals surface area contributed by atoms with Crippen LogP contribution < -0.4 is 4.90 Å². The molecule has 24 heavy (non-hydrogen) atoms. The maximum absolute atomic E-state index is 12.8. The summed E-state index contributed by atoms with van der Waals surface area (Å²) in [4.78, 5) is 14.9. The van der Waals surface area contributed by atoms with Crippen molar-refractivity contribution < 1.29 is 17.9 Å². The minimum absolute atomic E-state index is 0.131. The zero-order valence-electron chi connectivity index (χ0n) is 14.3. The van der Waals surface area contributed by atoms with E-state index in [1.165, 1.54) is 14.1 Å². The molecule has 0 aromatic carbocycles. The van der Waals surface area contributed by atoms with E-state index in [0.29, 0.717) is 19.6 Å². The van der Waals surface area contributed by atoms with E-state index in [2.05, 4.69) is 10.2 Å². The number of sulfonamides is 1. The fraction of sp³-hybridized carbons (Fsp3) is 0.769. The normalized spacial score (nSPS) is 18.1. The first-order valence-electron chi connectivity index (χ1n) is 7.78. The molecule has 11 heteroatoms. The van der Waals surface area contributed by atoms with Gasteiger partial charge in [0.2, 0.25) is 9.47 Å². The third kappa shape index (κ3) is 3.68. The zero-order chi connectivity index (χ0) is 17.9. The van der Waals surface area contributed by atoms with Crippen molar-refractivity contribution in [2.75, 3.05) is 38.7 Å². The first-order chi connectivity index (χ1) is 11.3. The molecule has 136 valence electrons. The van der Waals surface area contributed by atoms with Gasteiger partial charge in [0.1, 0.15) is 6.23 Å². The Bertz CT molecular complexity index is 672. The molecule has 0 spiro atoms. The van der Waals surface area contributed by atoms with Crippen LogP contribution in [0.1, 0.15) is 26.7 Å². The number of carbonyl (C=O) groups is 1. The number of amides is 2. The first kappa shape index (κ1) is 19.0. The van der Waals surface area contributed by atoms with Crippen LogP contribution in [-0.4, -0.2) is 73.9 Å². The summed E-state index contributed by atoms with van der Waals surface area (Å²) in [5.41, 5.74) is 0. The third-order valence-corrected chi connectivity index (χ3v) is 7.15. The second kappa shape index (κ2) is 7.72. The molecule has 1 aromatic heterocycles. The minimum Gasteiger partial charge on any atom is -0.362 e. The van der Waals surface area contributed by atoms with E-state index >= 15 is 0 Å². The highest BCUT2D eigenvalue weighted by molar-refractivity contribution is 7.91. The van der Waals surface area contributed by atoms with Crippen molar-refractivity contribution in [1.82, 2.24) is 19.4 Å². The smallest absolute Gasteiger partial charge is 0.325 e. The molecule has 0 radical (unpaired) electrons. The maximum Gasteiger partial charge on any atom is 0.325 e. The Morgan fingerprint density at radius 1 is 1.29 bits per heavy atom. The molecular formula is C13H23N5O4S2. The second-order valence-corrected chi connectivity index (χ2v) is 8.40. The van der Waals surface area contributed by atoms with Crippen molar-refractivity contribution in [3.05, 3.63) is 0 Å². The Morgan fingerprint density at radius 3 is 2.54 bits per heavy atom. The van der Waals surface area contributed by atoms with Gasteiger partial charge in [-0.2, -0.15) is 4.31 Å². The summed E-state index contributed by atoms with van der Waals surface area (Å²) in [5, 5.41) is 7.89. The van der Waals surface area contributed by atoms with Crippen LogP contribution in [0.4, 0.5) is 9.93 Å². The Hall–Kier alpha value is -1.30. The molecule has 1 aliphatic heterocycles. The maximum atomic E-state index is 12.8. The van der Waals surface area contributed by atoms with Gasteiger partial charge >= 0.3 is 6.03 Å². The van der Waals surface area contributed by atoms with Gasteiger partial charge in [-0.15, -0.1) is 10.2 Å². The predicted molar refractivity (Wildman–Crippen MR) is 90.6 cm³/mol. The molecule has 0 saturated carbocycles. The largest absolute Gasteiger partial charge is 0.362 e. The van der Waals surface area contributed by atoms with Gasteiger partial charge in [0.15, 0.2) is 0 Å². The number of hydrogen-bond donors (Lipinski definition) is 0. The summed E-state index contributed by atoms with van der Waals surface area (Å²) < 4.78 is 32.2. The number of nitrogens with zero attached hydrogens (tertiary/aromatic N) is 5. The molecule has 2 rings (SSSR count). The number of carbonyl (C=O) groups excluding carboxylic acids is 1. The van der Waals surface area contributed by atoms with Gasteiger partial charge in [0, 0.05) is 33.8 Å². The van der Waals surface area contributed by atoms with E-state index in [-0.39, 0.29) is 22.0 Å². The Balaban J connectivity index is 2.23. The van der Waals surface area contributed by atoms with Gasteiger partial charge in [0.25, 0.3) is 10.0 Å². The molecule has 0 aliphatic carbocycles. The molecule has 1 unspecified atom stereocenters. The highest BCUT2D eigenvalue weighted by Gasteiger charge is 2.36. The highest BCUT2D eigenvalue weighted by atomic mass is 32.2. The van der Waals surface area contributed by atoms with Gasteiger partial charge in [-0.25, -0.2) is 13.2 Å². The fourth-order valence-corrected chi connectivity index (χ4v) is 4.96. The molecule has 9 nitrogen and oxygen atoms in total. The van der Waals surface area contributed by atoms with Crippen LogP contribution in [0.25, 0.3) is 0 Å². The summed E-state index contributed by atoms with van der Waals surface area (Å²) in [6.07, 6.45) is 1.04. The monoisotopic (exact) mass is 377 g/mol. The Labute approximate surface area is 146 Å². The van der Waals surface area contributed by atoms with Crippen LogP contribution in [0.2, 0.25) is 0 Å². The molecular weight excluding hydrogens is 354 g/mol. The Morgan fingerprint density at radius 2 is 2.00 bits per heavy atom. The summed E-state index contributed by atoms with van der Waals surface area (Å²) in [6, 6.07) is -0.274. The third-order valence-electron chi connectivity index (χ3n) is 3.84. The average Bonchev–Trinajstić information content (AvgIpc) is 3.24. The van der Waals surface area contributed by atoms with E-state index in [4.69, 9.17) is 4.74 Å². The molecule has 1 atom stereocenters. The molecule has 0 N–H and O–H groups in total. The van der Waals surface area contributed by atoms with E-state index in [9.17, 15) is 13.2 Å². The lowest BCUT2D eigenvalue weighted by Gasteiger charge is -2.24. The topological polar surface area (TPSA) is 95.9 Å². The second-order valence-electron chi connectivity index (χ2n) is 5.38. The van der Waals surface area contributed by atoms with Crippen LogP contribution in [0, 0.1) is 0 Å². The van der Waals surface area contributed by atoms with E-state index in [0.717, 1.165) is 17.8 Å². The van der Waals surface area contributed by atoms with Crippen molar-refractivity contribution in [1.29, 1.82) is 0 Å². The first-order valence-corrected chi connectivity index (χ1v) is 10.0. The van der Waals surface area contributed by atoms with Crippen LogP contribution >= 0.6 is 11.3 Å². The predicted octanol–water partition coefficient (Wildman–Crippen LogP) is 1.19. The lowest BCUT2D eigenvalue weighted by molar-refractivity contribution is 0.0302. The van der Waals surface area contributed by atoms with Crippen LogP contribution in [0.15, 0.2) is 4.34 Å². The zero-order valence-corrected chi connectivity index (χ0v) is 15.9. The number of hydrogen-bond acceptors (Lipinski definition) is 7. The quantitative estimate of drug-likeness (QED) is 0.691. The molecule has 1 aliphatic rings. The number of urea groups is 1. The van der Waals surface area contributed by atoms with Gasteiger partial charge in [0.05, 0.1) is 0 Å². The molecule has 1 aromatic rings. The molecule has 1 saturated heterocycles. The molecule has 1 fully saturated rings. The van der Waals surface area contributed by atoms with Gasteiger partial charge in [-0.3, -0.25) is 4.90 Å². The van der Waals surface area contributed by atoms with Crippen molar-refractivity contribution in [2.24, 2.45) is 0 Å². The summed E-state index contributed by atoms with van der Waals surface area (Å²) in [5.74, 6) is 0. The lowest BCUT2D eigenvalue weighted by Crippen LogP contribution is -2.39. The minimum atomic E-state index is -3.80. The highest BCUT2D eigenvalue weighted by Crippen LogP contribution is 2.29. The Kier molecular flexibility index (Phi) is 6.12. The van der Waals surface area contributed by atoms with Crippen LogP contribution in [0.3, 0.4) is 0 Å². The van der Waals surface area contributed by atoms with Gasteiger partial charge in [-0.1, -0.05) is 18.3 Å². The van der Waals surface area contributed by atoms with Crippen molar-refractivity contribution >= 4 is 32.5 Å². The lowest BCUT2D eigenvalue weighted by atomic mass is 10.3. The van der Waals surface area contributed by atoms with Crippen molar-refractivity contribution in [3.8, 4) is 0 Å². The molecule has 2 heterocycles. The standard InChI is InChI=1S/C13H23N5O4S2/c1-5-16(3)13(19)17(4)11-14-15-12(23-11)24(20,21)18(6-2)10-8-7-9-22-10/h10H,5-9H2,1-4H3. The van der Waals surface area contributed by atoms with E-state index in [1.807, 2.05) is 6.92 Å². The van der Waals surface area contributed by atoms with Gasteiger partial charge in [-0.05, 0) is 19.8 Å². The number of aromatic nitrogens is 2. The number of rotatable bonds is 6. The van der Waals surface area contributed by atoms with Crippen molar-refractivity contribution in [2.45, 2.75) is 37.3 Å². The van der Waals surface area contributed by atoms with Crippen LogP contribution in [0.5, 0.6) is 0 Å². The summed E-state index contributed by atoms with van der Waals surface area (Å²) >= 11 is 0.878. The van der Waals surface area contributed by atoms with E-state index in [1.54, 1.807) is 21.0 Å². The van der Waals surface area contributed by atoms with Crippen LogP contribution in [-0.2, 0) is 14.8 Å². The van der Waals surface area contributed by atoms with Gasteiger partial charge < -0.3 is 9.64 Å². The average molecular weight is 377 g/mol. The number of ether oxygens (including phenoxy) is 1. The fourth-order valence-electron chi connectivity index (χ4n) is 2.33. The number of anilines is 1. The summed E-state index contributed by atoms with van der Waals surface area (Å²) in [6.45, 7) is 4.99.